The van der Waals surface area contributed by atoms with Crippen LogP contribution >= 0.6 is 11.6 Å². The summed E-state index contributed by atoms with van der Waals surface area (Å²) in [4.78, 5) is 26.5. The second-order valence-corrected chi connectivity index (χ2v) is 11.4. The summed E-state index contributed by atoms with van der Waals surface area (Å²) in [6, 6.07) is 10.1. The lowest BCUT2D eigenvalue weighted by Crippen LogP contribution is -2.50. The zero-order valence-corrected chi connectivity index (χ0v) is 23.9. The molecule has 9 heteroatoms. The summed E-state index contributed by atoms with van der Waals surface area (Å²) in [5.41, 5.74) is 6.14. The van der Waals surface area contributed by atoms with E-state index in [4.69, 9.17) is 26.1 Å². The molecule has 210 valence electrons. The van der Waals surface area contributed by atoms with Crippen LogP contribution in [0.1, 0.15) is 72.3 Å². The highest BCUT2D eigenvalue weighted by Gasteiger charge is 2.36. The number of rotatable bonds is 5. The molecule has 6 rings (SSSR count). The molecular formula is C31H36ClN5O3. The van der Waals surface area contributed by atoms with Crippen LogP contribution in [0.4, 0.5) is 4.79 Å². The van der Waals surface area contributed by atoms with E-state index in [2.05, 4.69) is 28.1 Å². The monoisotopic (exact) mass is 561 g/mol. The molecular weight excluding hydrogens is 526 g/mol. The summed E-state index contributed by atoms with van der Waals surface area (Å²) in [6.07, 6.45) is 12.7. The van der Waals surface area contributed by atoms with E-state index in [1.807, 2.05) is 47.1 Å². The summed E-state index contributed by atoms with van der Waals surface area (Å²) < 4.78 is 14.0. The van der Waals surface area contributed by atoms with Crippen LogP contribution < -0.4 is 0 Å². The van der Waals surface area contributed by atoms with E-state index in [9.17, 15) is 4.79 Å². The highest BCUT2D eigenvalue weighted by atomic mass is 35.5. The zero-order chi connectivity index (χ0) is 27.6. The minimum Gasteiger partial charge on any atom is -0.446 e. The molecule has 8 nitrogen and oxygen atoms in total. The first kappa shape index (κ1) is 27.0. The fraction of sp³-hybridized carbons (Fsp3) is 0.452. The van der Waals surface area contributed by atoms with Gasteiger partial charge in [-0.25, -0.2) is 9.78 Å². The largest absolute Gasteiger partial charge is 0.446 e. The molecule has 0 bridgehead atoms. The fourth-order valence-corrected chi connectivity index (χ4v) is 6.54. The van der Waals surface area contributed by atoms with E-state index in [1.54, 1.807) is 13.4 Å². The highest BCUT2D eigenvalue weighted by Crippen LogP contribution is 2.45. The van der Waals surface area contributed by atoms with E-state index in [1.165, 1.54) is 6.42 Å². The van der Waals surface area contributed by atoms with E-state index >= 15 is 0 Å². The number of aromatic nitrogens is 3. The Hall–Kier alpha value is -3.20. The molecule has 1 aromatic carbocycles. The number of methoxy groups -OCH3 is 1. The van der Waals surface area contributed by atoms with Crippen LogP contribution in [0, 0.1) is 0 Å². The first-order valence-corrected chi connectivity index (χ1v) is 14.6. The number of hydrogen-bond donors (Lipinski definition) is 0. The van der Waals surface area contributed by atoms with Crippen molar-refractivity contribution in [2.45, 2.75) is 50.4 Å². The molecule has 1 saturated heterocycles. The number of ether oxygens (including phenoxy) is 2. The lowest BCUT2D eigenvalue weighted by molar-refractivity contribution is 0.0292. The number of piperazine rings is 1. The van der Waals surface area contributed by atoms with Gasteiger partial charge < -0.3 is 18.9 Å². The van der Waals surface area contributed by atoms with E-state index in [0.717, 1.165) is 59.3 Å². The summed E-state index contributed by atoms with van der Waals surface area (Å²) in [6.45, 7) is 2.66. The smallest absolute Gasteiger partial charge is 0.410 e. The molecule has 2 fully saturated rings. The topological polar surface area (TPSA) is 72.7 Å². The number of nitrogens with zero attached hydrogens (tertiary/aromatic N) is 5. The van der Waals surface area contributed by atoms with Gasteiger partial charge in [0.05, 0.1) is 30.0 Å². The average Bonchev–Trinajstić information content (AvgIpc) is 3.34. The molecule has 0 spiro atoms. The van der Waals surface area contributed by atoms with Crippen molar-refractivity contribution in [3.05, 3.63) is 82.2 Å². The second-order valence-electron chi connectivity index (χ2n) is 10.9. The number of carbonyl (C=O) groups excluding carboxylic acids is 1. The Morgan fingerprint density at radius 2 is 1.90 bits per heavy atom. The van der Waals surface area contributed by atoms with E-state index in [0.29, 0.717) is 31.2 Å². The van der Waals surface area contributed by atoms with Crippen LogP contribution in [-0.2, 0) is 16.5 Å². The SMILES string of the molecule is COC(C1=Cc2cccnc2C(N2CCN(C(=O)OC3CCCCC3)CC2)c2ccc(Cl)cc21)c1cncn1C. The van der Waals surface area contributed by atoms with Crippen molar-refractivity contribution in [1.29, 1.82) is 0 Å². The van der Waals surface area contributed by atoms with Gasteiger partial charge in [-0.3, -0.25) is 9.88 Å². The molecule has 3 aromatic rings. The Bertz CT molecular complexity index is 1390. The Kier molecular flexibility index (Phi) is 7.91. The lowest BCUT2D eigenvalue weighted by Gasteiger charge is -2.40. The van der Waals surface area contributed by atoms with E-state index < -0.39 is 0 Å². The number of amides is 1. The lowest BCUT2D eigenvalue weighted by atomic mass is 9.91. The van der Waals surface area contributed by atoms with Gasteiger partial charge in [0, 0.05) is 51.6 Å². The number of hydrogen-bond acceptors (Lipinski definition) is 6. The Labute approximate surface area is 240 Å². The normalized spacial score (nSPS) is 20.7. The van der Waals surface area contributed by atoms with Crippen LogP contribution in [0.5, 0.6) is 0 Å². The third kappa shape index (κ3) is 5.28. The van der Waals surface area contributed by atoms with Gasteiger partial charge in [-0.2, -0.15) is 0 Å². The molecule has 2 atom stereocenters. The van der Waals surface area contributed by atoms with Gasteiger partial charge in [-0.05, 0) is 72.2 Å². The number of pyridine rings is 1. The fourth-order valence-electron chi connectivity index (χ4n) is 6.37. The predicted molar refractivity (Wildman–Crippen MR) is 155 cm³/mol. The second kappa shape index (κ2) is 11.7. The van der Waals surface area contributed by atoms with Crippen molar-refractivity contribution < 1.29 is 14.3 Å². The number of imidazole rings is 1. The Balaban J connectivity index is 1.32. The van der Waals surface area contributed by atoms with Crippen molar-refractivity contribution in [2.24, 2.45) is 7.05 Å². The van der Waals surface area contributed by atoms with Gasteiger partial charge in [-0.15, -0.1) is 0 Å². The van der Waals surface area contributed by atoms with Gasteiger partial charge >= 0.3 is 6.09 Å². The number of aryl methyl sites for hydroxylation is 1. The van der Waals surface area contributed by atoms with Crippen LogP contribution in [0.3, 0.4) is 0 Å². The minimum atomic E-state index is -0.345. The third-order valence-electron chi connectivity index (χ3n) is 8.46. The summed E-state index contributed by atoms with van der Waals surface area (Å²) >= 11 is 6.61. The first-order chi connectivity index (χ1) is 19.5. The predicted octanol–water partition coefficient (Wildman–Crippen LogP) is 5.89. The van der Waals surface area contributed by atoms with Crippen molar-refractivity contribution in [3.63, 3.8) is 0 Å². The molecule has 1 saturated carbocycles. The molecule has 1 amide bonds. The maximum atomic E-state index is 13.0. The van der Waals surface area contributed by atoms with Gasteiger partial charge in [-0.1, -0.05) is 30.2 Å². The number of halogens is 1. The van der Waals surface area contributed by atoms with Crippen LogP contribution in [0.15, 0.2) is 49.1 Å². The first-order valence-electron chi connectivity index (χ1n) is 14.2. The molecule has 2 aliphatic carbocycles. The van der Waals surface area contributed by atoms with Gasteiger partial charge in [0.2, 0.25) is 0 Å². The van der Waals surface area contributed by atoms with Crippen molar-refractivity contribution in [3.8, 4) is 0 Å². The zero-order valence-electron chi connectivity index (χ0n) is 23.1. The summed E-state index contributed by atoms with van der Waals surface area (Å²) in [5, 5.41) is 0.664. The van der Waals surface area contributed by atoms with Crippen molar-refractivity contribution in [2.75, 3.05) is 33.3 Å². The number of fused-ring (bicyclic) bond motifs is 2. The molecule has 0 radical (unpaired) electrons. The van der Waals surface area contributed by atoms with Crippen molar-refractivity contribution in [1.82, 2.24) is 24.3 Å². The van der Waals surface area contributed by atoms with Crippen LogP contribution in [-0.4, -0.2) is 69.8 Å². The number of benzene rings is 1. The van der Waals surface area contributed by atoms with Gasteiger partial charge in [0.25, 0.3) is 0 Å². The molecule has 40 heavy (non-hydrogen) atoms. The Morgan fingerprint density at radius 1 is 1.10 bits per heavy atom. The van der Waals surface area contributed by atoms with Crippen LogP contribution in [0.2, 0.25) is 5.02 Å². The third-order valence-corrected chi connectivity index (χ3v) is 8.70. The Morgan fingerprint density at radius 3 is 2.62 bits per heavy atom. The summed E-state index contributed by atoms with van der Waals surface area (Å²) in [5.74, 6) is 0. The molecule has 2 aromatic heterocycles. The molecule has 0 N–H and O–H groups in total. The average molecular weight is 562 g/mol. The summed E-state index contributed by atoms with van der Waals surface area (Å²) in [7, 11) is 3.70. The molecule has 3 aliphatic rings. The quantitative estimate of drug-likeness (QED) is 0.387. The molecule has 1 aliphatic heterocycles. The molecule has 2 unspecified atom stereocenters. The van der Waals surface area contributed by atoms with Crippen molar-refractivity contribution >= 4 is 29.3 Å². The van der Waals surface area contributed by atoms with Gasteiger partial charge in [0.1, 0.15) is 12.2 Å². The maximum Gasteiger partial charge on any atom is 0.410 e. The highest BCUT2D eigenvalue weighted by molar-refractivity contribution is 6.30. The number of carbonyl (C=O) groups is 1. The standard InChI is InChI=1S/C31H36ClN5O3/c1-35-20-33-19-27(35)30(39-2)26-17-21-7-6-12-34-28(21)29(24-11-10-22(32)18-25(24)26)36-13-15-37(16-14-36)31(38)40-23-8-4-3-5-9-23/h6-7,10-12,17-20,23,29-30H,3-5,8-9,13-16H2,1-2H3. The molecule has 3 heterocycles. The van der Waals surface area contributed by atoms with Crippen LogP contribution in [0.25, 0.3) is 11.6 Å². The van der Waals surface area contributed by atoms with E-state index in [-0.39, 0.29) is 24.3 Å². The van der Waals surface area contributed by atoms with Gasteiger partial charge in [0.15, 0.2) is 0 Å². The maximum absolute atomic E-state index is 13.0. The minimum absolute atomic E-state index is 0.0616.